The number of methoxy groups -OCH3 is 1. The number of carboxylic acid groups (broad SMARTS) is 1. The standard InChI is InChI=1S/C32H30N2O4/c1-33(2)28-17-15-26(16-18-28)25-13-10-24(11-14-25)22-34(32(37)27-7-5-9-30(21-27)38-3)29-8-4-6-23(20-29)12-19-31(35)36/h4-21H,22H2,1-3H3,(H,35,36). The first-order valence-electron chi connectivity index (χ1n) is 12.2. The molecule has 4 rings (SSSR count). The number of carbonyl (C=O) groups is 2. The van der Waals surface area contributed by atoms with Gasteiger partial charge >= 0.3 is 5.97 Å². The Kier molecular flexibility index (Phi) is 8.23. The van der Waals surface area contributed by atoms with Crippen LogP contribution in [0, 0.1) is 0 Å². The predicted octanol–water partition coefficient (Wildman–Crippen LogP) is 6.37. The highest BCUT2D eigenvalue weighted by Gasteiger charge is 2.19. The van der Waals surface area contributed by atoms with Crippen molar-refractivity contribution in [2.24, 2.45) is 0 Å². The molecule has 0 aliphatic heterocycles. The number of carboxylic acids is 1. The third kappa shape index (κ3) is 6.48. The average molecular weight is 507 g/mol. The lowest BCUT2D eigenvalue weighted by molar-refractivity contribution is -0.131. The lowest BCUT2D eigenvalue weighted by atomic mass is 10.0. The Hall–Kier alpha value is -4.84. The van der Waals surface area contributed by atoms with Gasteiger partial charge in [0.25, 0.3) is 5.91 Å². The van der Waals surface area contributed by atoms with Gasteiger partial charge in [0.1, 0.15) is 5.75 Å². The van der Waals surface area contributed by atoms with Gasteiger partial charge in [0, 0.05) is 37.1 Å². The van der Waals surface area contributed by atoms with Gasteiger partial charge in [-0.25, -0.2) is 4.79 Å². The molecule has 0 atom stereocenters. The molecule has 6 nitrogen and oxygen atoms in total. The Labute approximate surface area is 223 Å². The Morgan fingerprint density at radius 2 is 1.47 bits per heavy atom. The van der Waals surface area contributed by atoms with Crippen LogP contribution >= 0.6 is 0 Å². The average Bonchev–Trinajstić information content (AvgIpc) is 2.95. The third-order valence-corrected chi connectivity index (χ3v) is 6.17. The number of anilines is 2. The maximum Gasteiger partial charge on any atom is 0.328 e. The van der Waals surface area contributed by atoms with Crippen molar-refractivity contribution in [2.75, 3.05) is 31.0 Å². The summed E-state index contributed by atoms with van der Waals surface area (Å²) in [6.07, 6.45) is 2.59. The van der Waals surface area contributed by atoms with Crippen molar-refractivity contribution < 1.29 is 19.4 Å². The van der Waals surface area contributed by atoms with Gasteiger partial charge in [-0.1, -0.05) is 54.6 Å². The second kappa shape index (κ2) is 11.9. The number of carbonyl (C=O) groups excluding carboxylic acids is 1. The topological polar surface area (TPSA) is 70.1 Å². The molecule has 0 aliphatic rings. The molecule has 0 bridgehead atoms. The van der Waals surface area contributed by atoms with E-state index in [1.807, 2.05) is 38.4 Å². The molecule has 192 valence electrons. The number of hydrogen-bond donors (Lipinski definition) is 1. The highest BCUT2D eigenvalue weighted by atomic mass is 16.5. The summed E-state index contributed by atoms with van der Waals surface area (Å²) in [5.74, 6) is -0.624. The van der Waals surface area contributed by atoms with Crippen LogP contribution in [-0.4, -0.2) is 38.2 Å². The van der Waals surface area contributed by atoms with Crippen molar-refractivity contribution in [3.05, 3.63) is 120 Å². The molecule has 1 N–H and O–H groups in total. The van der Waals surface area contributed by atoms with Crippen LogP contribution in [0.15, 0.2) is 103 Å². The van der Waals surface area contributed by atoms with Crippen molar-refractivity contribution in [1.82, 2.24) is 0 Å². The zero-order chi connectivity index (χ0) is 27.1. The third-order valence-electron chi connectivity index (χ3n) is 6.17. The fraction of sp³-hybridized carbons (Fsp3) is 0.125. The molecule has 0 heterocycles. The van der Waals surface area contributed by atoms with E-state index >= 15 is 0 Å². The van der Waals surface area contributed by atoms with E-state index < -0.39 is 5.97 Å². The minimum atomic E-state index is -1.03. The summed E-state index contributed by atoms with van der Waals surface area (Å²) in [7, 11) is 5.59. The van der Waals surface area contributed by atoms with Gasteiger partial charge in [-0.3, -0.25) is 4.79 Å². The Balaban J connectivity index is 1.65. The molecule has 4 aromatic carbocycles. The molecule has 4 aromatic rings. The van der Waals surface area contributed by atoms with E-state index in [2.05, 4.69) is 41.3 Å². The van der Waals surface area contributed by atoms with Gasteiger partial charge < -0.3 is 19.6 Å². The maximum atomic E-state index is 13.7. The Morgan fingerprint density at radius 1 is 0.816 bits per heavy atom. The SMILES string of the molecule is COc1cccc(C(=O)N(Cc2ccc(-c3ccc(N(C)C)cc3)cc2)c2cccc(C=CC(=O)O)c2)c1. The van der Waals surface area contributed by atoms with Crippen LogP contribution in [-0.2, 0) is 11.3 Å². The number of hydrogen-bond acceptors (Lipinski definition) is 4. The van der Waals surface area contributed by atoms with Crippen LogP contribution < -0.4 is 14.5 Å². The number of nitrogens with zero attached hydrogens (tertiary/aromatic N) is 2. The fourth-order valence-corrected chi connectivity index (χ4v) is 4.09. The molecular weight excluding hydrogens is 476 g/mol. The second-order valence-corrected chi connectivity index (χ2v) is 9.03. The summed E-state index contributed by atoms with van der Waals surface area (Å²) < 4.78 is 5.32. The molecule has 0 fully saturated rings. The number of rotatable bonds is 9. The normalized spacial score (nSPS) is 10.8. The van der Waals surface area contributed by atoms with E-state index in [0.29, 0.717) is 29.1 Å². The van der Waals surface area contributed by atoms with E-state index in [4.69, 9.17) is 9.84 Å². The summed E-state index contributed by atoms with van der Waals surface area (Å²) in [4.78, 5) is 28.5. The molecule has 38 heavy (non-hydrogen) atoms. The maximum absolute atomic E-state index is 13.7. The van der Waals surface area contributed by atoms with Crippen LogP contribution in [0.2, 0.25) is 0 Å². The highest BCUT2D eigenvalue weighted by molar-refractivity contribution is 6.06. The van der Waals surface area contributed by atoms with Gasteiger partial charge in [0.05, 0.1) is 13.7 Å². The van der Waals surface area contributed by atoms with E-state index in [-0.39, 0.29) is 5.91 Å². The molecular formula is C32H30N2O4. The van der Waals surface area contributed by atoms with Crippen molar-refractivity contribution >= 4 is 29.3 Å². The lowest BCUT2D eigenvalue weighted by Crippen LogP contribution is -2.30. The molecule has 0 saturated carbocycles. The van der Waals surface area contributed by atoms with Crippen molar-refractivity contribution in [1.29, 1.82) is 0 Å². The van der Waals surface area contributed by atoms with Crippen LogP contribution in [0.5, 0.6) is 5.75 Å². The van der Waals surface area contributed by atoms with Crippen molar-refractivity contribution in [3.8, 4) is 16.9 Å². The molecule has 1 amide bonds. The number of aliphatic carboxylic acids is 1. The van der Waals surface area contributed by atoms with E-state index in [1.165, 1.54) is 6.08 Å². The van der Waals surface area contributed by atoms with Gasteiger partial charge in [-0.15, -0.1) is 0 Å². The van der Waals surface area contributed by atoms with Gasteiger partial charge in [0.15, 0.2) is 0 Å². The van der Waals surface area contributed by atoms with Gasteiger partial charge in [0.2, 0.25) is 0 Å². The van der Waals surface area contributed by atoms with E-state index in [9.17, 15) is 9.59 Å². The first-order chi connectivity index (χ1) is 18.3. The predicted molar refractivity (Wildman–Crippen MR) is 153 cm³/mol. The molecule has 0 aromatic heterocycles. The van der Waals surface area contributed by atoms with Crippen molar-refractivity contribution in [2.45, 2.75) is 6.54 Å². The summed E-state index contributed by atoms with van der Waals surface area (Å²) in [5.41, 5.74) is 6.14. The van der Waals surface area contributed by atoms with Crippen LogP contribution in [0.1, 0.15) is 21.5 Å². The number of ether oxygens (including phenoxy) is 1. The molecule has 0 spiro atoms. The van der Waals surface area contributed by atoms with Crippen molar-refractivity contribution in [3.63, 3.8) is 0 Å². The van der Waals surface area contributed by atoms with E-state index in [1.54, 1.807) is 48.4 Å². The smallest absolute Gasteiger partial charge is 0.328 e. The number of amides is 1. The monoisotopic (exact) mass is 506 g/mol. The largest absolute Gasteiger partial charge is 0.497 e. The minimum absolute atomic E-state index is 0.188. The molecule has 0 aliphatic carbocycles. The van der Waals surface area contributed by atoms with Gasteiger partial charge in [-0.05, 0) is 70.8 Å². The highest BCUT2D eigenvalue weighted by Crippen LogP contribution is 2.26. The summed E-state index contributed by atoms with van der Waals surface area (Å²) >= 11 is 0. The summed E-state index contributed by atoms with van der Waals surface area (Å²) in [6, 6.07) is 30.8. The second-order valence-electron chi connectivity index (χ2n) is 9.03. The van der Waals surface area contributed by atoms with E-state index in [0.717, 1.165) is 28.5 Å². The lowest BCUT2D eigenvalue weighted by Gasteiger charge is -2.24. The first kappa shape index (κ1) is 26.2. The fourth-order valence-electron chi connectivity index (χ4n) is 4.09. The van der Waals surface area contributed by atoms with Crippen LogP contribution in [0.25, 0.3) is 17.2 Å². The summed E-state index contributed by atoms with van der Waals surface area (Å²) in [5, 5.41) is 9.01. The Bertz CT molecular complexity index is 1440. The first-order valence-corrected chi connectivity index (χ1v) is 12.2. The molecule has 0 radical (unpaired) electrons. The molecule has 0 saturated heterocycles. The summed E-state index contributed by atoms with van der Waals surface area (Å²) in [6.45, 7) is 0.335. The minimum Gasteiger partial charge on any atom is -0.497 e. The number of benzene rings is 4. The zero-order valence-corrected chi connectivity index (χ0v) is 21.7. The van der Waals surface area contributed by atoms with Crippen LogP contribution in [0.3, 0.4) is 0 Å². The van der Waals surface area contributed by atoms with Gasteiger partial charge in [-0.2, -0.15) is 0 Å². The quantitative estimate of drug-likeness (QED) is 0.267. The van der Waals surface area contributed by atoms with Crippen LogP contribution in [0.4, 0.5) is 11.4 Å². The zero-order valence-electron chi connectivity index (χ0n) is 21.7. The Morgan fingerprint density at radius 3 is 2.11 bits per heavy atom. The molecule has 6 heteroatoms. The molecule has 0 unspecified atom stereocenters.